The van der Waals surface area contributed by atoms with E-state index in [4.69, 9.17) is 4.98 Å². The molecule has 0 spiro atoms. The third-order valence-corrected chi connectivity index (χ3v) is 6.72. The number of nitrogens with zero attached hydrogens (tertiary/aromatic N) is 4. The quantitative estimate of drug-likeness (QED) is 0.220. The zero-order valence-electron chi connectivity index (χ0n) is 21.2. The number of likely N-dealkylation sites (N-methyl/N-ethyl adjacent to an activating group) is 1. The Kier molecular flexibility index (Phi) is 7.50. The van der Waals surface area contributed by atoms with Gasteiger partial charge in [-0.3, -0.25) is 9.69 Å². The molecule has 0 aliphatic carbocycles. The Morgan fingerprint density at radius 3 is 2.76 bits per heavy atom. The number of hydrogen-bond donors (Lipinski definition) is 4. The number of anilines is 6. The van der Waals surface area contributed by atoms with Crippen LogP contribution in [-0.2, 0) is 4.79 Å². The summed E-state index contributed by atoms with van der Waals surface area (Å²) in [5, 5.41) is 10.2. The number of carbonyl (C=O) groups is 1. The lowest BCUT2D eigenvalue weighted by Crippen LogP contribution is -2.35. The van der Waals surface area contributed by atoms with Crippen LogP contribution >= 0.6 is 0 Å². The SMILES string of the molecule is C=CC(=O)Nc1cccc(Nc2nc(Nc3ccc(N(C)C4CCN(CCF)C4)cc3)nc3[nH]ccc23)c1. The Labute approximate surface area is 220 Å². The van der Waals surface area contributed by atoms with Crippen molar-refractivity contribution in [1.29, 1.82) is 0 Å². The molecule has 1 atom stereocenters. The van der Waals surface area contributed by atoms with E-state index in [0.29, 0.717) is 35.7 Å². The largest absolute Gasteiger partial charge is 0.370 e. The molecule has 5 rings (SSSR count). The van der Waals surface area contributed by atoms with Gasteiger partial charge >= 0.3 is 0 Å². The third-order valence-electron chi connectivity index (χ3n) is 6.72. The van der Waals surface area contributed by atoms with E-state index in [1.807, 2.05) is 42.6 Å². The number of amides is 1. The minimum atomic E-state index is -0.301. The van der Waals surface area contributed by atoms with E-state index in [-0.39, 0.29) is 12.6 Å². The van der Waals surface area contributed by atoms with Crippen molar-refractivity contribution in [1.82, 2.24) is 19.9 Å². The minimum absolute atomic E-state index is 0.275. The summed E-state index contributed by atoms with van der Waals surface area (Å²) in [6, 6.07) is 17.8. The summed E-state index contributed by atoms with van der Waals surface area (Å²) in [4.78, 5) is 28.6. The number of likely N-dealkylation sites (tertiary alicyclic amines) is 1. The van der Waals surface area contributed by atoms with Crippen LogP contribution in [0, 0.1) is 0 Å². The standard InChI is InChI=1S/C28H31FN8O/c1-3-25(38)31-20-5-4-6-21(17-20)32-27-24-11-14-30-26(24)34-28(35-27)33-19-7-9-22(10-8-19)36(2)23-12-15-37(18-23)16-13-29/h3-11,14,17,23H,1,12-13,15-16,18H2,2H3,(H,31,38)(H3,30,32,33,34,35). The normalized spacial score (nSPS) is 15.4. The number of hydrogen-bond acceptors (Lipinski definition) is 7. The molecule has 0 radical (unpaired) electrons. The van der Waals surface area contributed by atoms with Crippen LogP contribution in [0.1, 0.15) is 6.42 Å². The molecule has 1 fully saturated rings. The van der Waals surface area contributed by atoms with E-state index in [9.17, 15) is 9.18 Å². The molecule has 9 nitrogen and oxygen atoms in total. The van der Waals surface area contributed by atoms with Crippen molar-refractivity contribution in [2.45, 2.75) is 12.5 Å². The van der Waals surface area contributed by atoms with E-state index in [2.05, 4.69) is 61.5 Å². The Hall–Kier alpha value is -4.44. The van der Waals surface area contributed by atoms with Crippen LogP contribution in [0.25, 0.3) is 11.0 Å². The van der Waals surface area contributed by atoms with Crippen molar-refractivity contribution in [3.63, 3.8) is 0 Å². The van der Waals surface area contributed by atoms with Crippen molar-refractivity contribution in [3.05, 3.63) is 73.4 Å². The van der Waals surface area contributed by atoms with Crippen LogP contribution in [0.2, 0.25) is 0 Å². The number of rotatable bonds is 10. The second kappa shape index (κ2) is 11.3. The zero-order valence-corrected chi connectivity index (χ0v) is 21.2. The van der Waals surface area contributed by atoms with Gasteiger partial charge in [0.25, 0.3) is 0 Å². The Balaban J connectivity index is 1.31. The molecule has 1 amide bonds. The first kappa shape index (κ1) is 25.2. The number of H-pyrrole nitrogens is 1. The van der Waals surface area contributed by atoms with Crippen molar-refractivity contribution < 1.29 is 9.18 Å². The molecule has 4 aromatic rings. The summed E-state index contributed by atoms with van der Waals surface area (Å²) >= 11 is 0. The smallest absolute Gasteiger partial charge is 0.247 e. The van der Waals surface area contributed by atoms with Gasteiger partial charge in [0.15, 0.2) is 0 Å². The number of halogens is 1. The predicted octanol–water partition coefficient (Wildman–Crippen LogP) is 5.05. The highest BCUT2D eigenvalue weighted by atomic mass is 19.1. The second-order valence-corrected chi connectivity index (χ2v) is 9.25. The Bertz CT molecular complexity index is 1420. The summed E-state index contributed by atoms with van der Waals surface area (Å²) in [7, 11) is 2.09. The fourth-order valence-corrected chi connectivity index (χ4v) is 4.67. The average molecular weight is 515 g/mol. The second-order valence-electron chi connectivity index (χ2n) is 9.25. The molecule has 0 bridgehead atoms. The molecule has 196 valence electrons. The molecule has 0 saturated carbocycles. The Morgan fingerprint density at radius 2 is 1.97 bits per heavy atom. The van der Waals surface area contributed by atoms with E-state index < -0.39 is 0 Å². The number of nitrogens with one attached hydrogen (secondary N) is 4. The summed E-state index contributed by atoms with van der Waals surface area (Å²) < 4.78 is 12.7. The lowest BCUT2D eigenvalue weighted by Gasteiger charge is -2.27. The van der Waals surface area contributed by atoms with Crippen LogP contribution < -0.4 is 20.9 Å². The fraction of sp³-hybridized carbons (Fsp3) is 0.250. The van der Waals surface area contributed by atoms with Crippen molar-refractivity contribution >= 4 is 51.5 Å². The van der Waals surface area contributed by atoms with Gasteiger partial charge in [0.2, 0.25) is 11.9 Å². The van der Waals surface area contributed by atoms with Gasteiger partial charge in [-0.15, -0.1) is 0 Å². The van der Waals surface area contributed by atoms with Crippen molar-refractivity contribution in [3.8, 4) is 0 Å². The van der Waals surface area contributed by atoms with Gasteiger partial charge in [0.05, 0.1) is 5.39 Å². The van der Waals surface area contributed by atoms with E-state index in [0.717, 1.165) is 42.0 Å². The summed E-state index contributed by atoms with van der Waals surface area (Å²) in [5.74, 6) is 0.793. The molecule has 2 aromatic carbocycles. The third kappa shape index (κ3) is 5.76. The predicted molar refractivity (Wildman–Crippen MR) is 151 cm³/mol. The van der Waals surface area contributed by atoms with Crippen molar-refractivity contribution in [2.75, 3.05) is 54.2 Å². The fourth-order valence-electron chi connectivity index (χ4n) is 4.67. The maximum atomic E-state index is 12.7. The minimum Gasteiger partial charge on any atom is -0.370 e. The van der Waals surface area contributed by atoms with Crippen molar-refractivity contribution in [2.24, 2.45) is 0 Å². The van der Waals surface area contributed by atoms with Crippen LogP contribution in [-0.4, -0.2) is 65.2 Å². The van der Waals surface area contributed by atoms with Gasteiger partial charge in [0.1, 0.15) is 18.1 Å². The number of alkyl halides is 1. The number of fused-ring (bicyclic) bond motifs is 1. The van der Waals surface area contributed by atoms with E-state index in [1.54, 1.807) is 6.07 Å². The topological polar surface area (TPSA) is 101 Å². The molecule has 1 aliphatic heterocycles. The highest BCUT2D eigenvalue weighted by molar-refractivity contribution is 5.99. The monoisotopic (exact) mass is 514 g/mol. The molecule has 38 heavy (non-hydrogen) atoms. The first-order valence-electron chi connectivity index (χ1n) is 12.6. The van der Waals surface area contributed by atoms with Gasteiger partial charge < -0.3 is 25.8 Å². The maximum absolute atomic E-state index is 12.7. The lowest BCUT2D eigenvalue weighted by molar-refractivity contribution is -0.111. The summed E-state index contributed by atoms with van der Waals surface area (Å²) in [6.45, 7) is 5.50. The summed E-state index contributed by atoms with van der Waals surface area (Å²) in [6.07, 6.45) is 4.07. The van der Waals surface area contributed by atoms with Crippen LogP contribution in [0.4, 0.5) is 38.9 Å². The van der Waals surface area contributed by atoms with Gasteiger partial charge in [0, 0.05) is 61.7 Å². The summed E-state index contributed by atoms with van der Waals surface area (Å²) in [5.41, 5.74) is 4.07. The molecule has 1 saturated heterocycles. The first-order chi connectivity index (χ1) is 18.5. The first-order valence-corrected chi connectivity index (χ1v) is 12.6. The molecular formula is C28H31FN8O. The van der Waals surface area contributed by atoms with E-state index in [1.165, 1.54) is 6.08 Å². The zero-order chi connectivity index (χ0) is 26.5. The van der Waals surface area contributed by atoms with Crippen LogP contribution in [0.3, 0.4) is 0 Å². The molecular weight excluding hydrogens is 483 g/mol. The maximum Gasteiger partial charge on any atom is 0.247 e. The Morgan fingerprint density at radius 1 is 1.16 bits per heavy atom. The van der Waals surface area contributed by atoms with Gasteiger partial charge in [-0.25, -0.2) is 4.39 Å². The highest BCUT2D eigenvalue weighted by Gasteiger charge is 2.25. The molecule has 10 heteroatoms. The van der Waals surface area contributed by atoms with Gasteiger partial charge in [-0.05, 0) is 61.0 Å². The number of carbonyl (C=O) groups excluding carboxylic acids is 1. The van der Waals surface area contributed by atoms with Gasteiger partial charge in [-0.1, -0.05) is 12.6 Å². The number of aromatic amines is 1. The lowest BCUT2D eigenvalue weighted by atomic mass is 10.2. The van der Waals surface area contributed by atoms with Crippen LogP contribution in [0.5, 0.6) is 0 Å². The number of aromatic nitrogens is 3. The average Bonchev–Trinajstić information content (AvgIpc) is 3.59. The highest BCUT2D eigenvalue weighted by Crippen LogP contribution is 2.28. The molecule has 2 aromatic heterocycles. The molecule has 3 heterocycles. The number of benzene rings is 2. The molecule has 1 aliphatic rings. The molecule has 1 unspecified atom stereocenters. The van der Waals surface area contributed by atoms with Gasteiger partial charge in [-0.2, -0.15) is 9.97 Å². The van der Waals surface area contributed by atoms with Crippen LogP contribution in [0.15, 0.2) is 73.4 Å². The molecule has 4 N–H and O–H groups in total. The van der Waals surface area contributed by atoms with E-state index >= 15 is 0 Å².